The number of methoxy groups -OCH3 is 1. The standard InChI is InChI=1S/C14H21NO/c1-4-12-9(2)14(15)7-10-5-6-11(16-3)8-13(10)12/h5-6,8-9,12,14H,4,7,15H2,1-3H3/t9-,12?,14?/m1/s1. The first-order valence-electron chi connectivity index (χ1n) is 6.09. The molecule has 16 heavy (non-hydrogen) atoms. The second-order valence-electron chi connectivity index (χ2n) is 4.81. The highest BCUT2D eigenvalue weighted by molar-refractivity contribution is 5.40. The van der Waals surface area contributed by atoms with Crippen LogP contribution >= 0.6 is 0 Å². The average molecular weight is 219 g/mol. The zero-order valence-electron chi connectivity index (χ0n) is 10.4. The molecule has 0 bridgehead atoms. The second-order valence-corrected chi connectivity index (χ2v) is 4.81. The number of fused-ring (bicyclic) bond motifs is 1. The van der Waals surface area contributed by atoms with Crippen molar-refractivity contribution in [3.05, 3.63) is 29.3 Å². The van der Waals surface area contributed by atoms with Crippen molar-refractivity contribution in [3.63, 3.8) is 0 Å². The van der Waals surface area contributed by atoms with Gasteiger partial charge in [-0.1, -0.05) is 19.9 Å². The molecule has 0 spiro atoms. The van der Waals surface area contributed by atoms with Crippen molar-refractivity contribution < 1.29 is 4.74 Å². The van der Waals surface area contributed by atoms with Crippen LogP contribution in [0.2, 0.25) is 0 Å². The molecule has 2 N–H and O–H groups in total. The smallest absolute Gasteiger partial charge is 0.119 e. The molecule has 0 heterocycles. The monoisotopic (exact) mass is 219 g/mol. The van der Waals surface area contributed by atoms with E-state index in [1.54, 1.807) is 7.11 Å². The highest BCUT2D eigenvalue weighted by Gasteiger charge is 2.30. The van der Waals surface area contributed by atoms with Gasteiger partial charge in [0.15, 0.2) is 0 Å². The minimum atomic E-state index is 0.297. The van der Waals surface area contributed by atoms with Gasteiger partial charge in [0.1, 0.15) is 5.75 Å². The third-order valence-electron chi connectivity index (χ3n) is 3.96. The van der Waals surface area contributed by atoms with Gasteiger partial charge >= 0.3 is 0 Å². The number of benzene rings is 1. The molecule has 1 aromatic rings. The Labute approximate surface area is 97.8 Å². The summed E-state index contributed by atoms with van der Waals surface area (Å²) in [4.78, 5) is 0. The summed E-state index contributed by atoms with van der Waals surface area (Å²) in [7, 11) is 1.72. The fourth-order valence-electron chi connectivity index (χ4n) is 2.84. The van der Waals surface area contributed by atoms with Crippen molar-refractivity contribution in [1.29, 1.82) is 0 Å². The maximum atomic E-state index is 6.20. The van der Waals surface area contributed by atoms with Crippen LogP contribution in [-0.4, -0.2) is 13.2 Å². The largest absolute Gasteiger partial charge is 0.497 e. The first kappa shape index (κ1) is 11.5. The van der Waals surface area contributed by atoms with Gasteiger partial charge in [0.2, 0.25) is 0 Å². The van der Waals surface area contributed by atoms with Crippen LogP contribution in [0, 0.1) is 5.92 Å². The quantitative estimate of drug-likeness (QED) is 0.830. The number of rotatable bonds is 2. The van der Waals surface area contributed by atoms with Crippen LogP contribution in [0.3, 0.4) is 0 Å². The summed E-state index contributed by atoms with van der Waals surface area (Å²) >= 11 is 0. The zero-order valence-corrected chi connectivity index (χ0v) is 10.4. The molecule has 0 aliphatic heterocycles. The van der Waals surface area contributed by atoms with E-state index in [2.05, 4.69) is 26.0 Å². The Bertz CT molecular complexity index is 375. The van der Waals surface area contributed by atoms with Gasteiger partial charge in [0, 0.05) is 6.04 Å². The summed E-state index contributed by atoms with van der Waals surface area (Å²) < 4.78 is 5.30. The lowest BCUT2D eigenvalue weighted by Gasteiger charge is -2.35. The Balaban J connectivity index is 2.43. The minimum Gasteiger partial charge on any atom is -0.497 e. The molecular formula is C14H21NO. The van der Waals surface area contributed by atoms with Gasteiger partial charge < -0.3 is 10.5 Å². The van der Waals surface area contributed by atoms with Crippen LogP contribution in [0.5, 0.6) is 5.75 Å². The van der Waals surface area contributed by atoms with Crippen molar-refractivity contribution in [2.75, 3.05) is 7.11 Å². The zero-order chi connectivity index (χ0) is 11.7. The lowest BCUT2D eigenvalue weighted by atomic mass is 9.72. The Morgan fingerprint density at radius 1 is 1.44 bits per heavy atom. The van der Waals surface area contributed by atoms with Crippen LogP contribution < -0.4 is 10.5 Å². The summed E-state index contributed by atoms with van der Waals surface area (Å²) in [6.45, 7) is 4.50. The van der Waals surface area contributed by atoms with Gasteiger partial charge in [-0.05, 0) is 47.9 Å². The average Bonchev–Trinajstić information content (AvgIpc) is 2.30. The highest BCUT2D eigenvalue weighted by atomic mass is 16.5. The van der Waals surface area contributed by atoms with Crippen LogP contribution in [0.1, 0.15) is 37.3 Å². The summed E-state index contributed by atoms with van der Waals surface area (Å²) in [6, 6.07) is 6.69. The van der Waals surface area contributed by atoms with Gasteiger partial charge in [-0.3, -0.25) is 0 Å². The molecule has 2 unspecified atom stereocenters. The molecule has 1 aliphatic carbocycles. The Kier molecular flexibility index (Phi) is 3.20. The van der Waals surface area contributed by atoms with E-state index < -0.39 is 0 Å². The second kappa shape index (κ2) is 4.46. The number of nitrogens with two attached hydrogens (primary N) is 1. The van der Waals surface area contributed by atoms with Crippen molar-refractivity contribution in [3.8, 4) is 5.75 Å². The predicted octanol–water partition coefficient (Wildman–Crippen LogP) is 2.71. The first-order valence-corrected chi connectivity index (χ1v) is 6.09. The normalized spacial score (nSPS) is 28.6. The molecule has 2 heteroatoms. The van der Waals surface area contributed by atoms with Crippen LogP contribution in [0.25, 0.3) is 0 Å². The molecule has 1 aromatic carbocycles. The molecule has 0 fully saturated rings. The van der Waals surface area contributed by atoms with Crippen LogP contribution in [0.4, 0.5) is 0 Å². The maximum Gasteiger partial charge on any atom is 0.119 e. The van der Waals surface area contributed by atoms with Gasteiger partial charge in [-0.25, -0.2) is 0 Å². The Hall–Kier alpha value is -1.02. The predicted molar refractivity (Wildman–Crippen MR) is 66.9 cm³/mol. The molecular weight excluding hydrogens is 198 g/mol. The SMILES string of the molecule is CCC1c2cc(OC)ccc2CC(N)[C@@H]1C. The van der Waals surface area contributed by atoms with E-state index in [0.29, 0.717) is 17.9 Å². The lowest BCUT2D eigenvalue weighted by molar-refractivity contribution is 0.341. The van der Waals surface area contributed by atoms with Gasteiger partial charge in [0.25, 0.3) is 0 Å². The third-order valence-corrected chi connectivity index (χ3v) is 3.96. The Morgan fingerprint density at radius 2 is 2.19 bits per heavy atom. The van der Waals surface area contributed by atoms with Crippen molar-refractivity contribution >= 4 is 0 Å². The molecule has 0 saturated heterocycles. The Morgan fingerprint density at radius 3 is 2.81 bits per heavy atom. The third kappa shape index (κ3) is 1.82. The van der Waals surface area contributed by atoms with Crippen molar-refractivity contribution in [2.45, 2.75) is 38.6 Å². The van der Waals surface area contributed by atoms with Crippen molar-refractivity contribution in [2.24, 2.45) is 11.7 Å². The van der Waals surface area contributed by atoms with E-state index in [9.17, 15) is 0 Å². The van der Waals surface area contributed by atoms with Crippen molar-refractivity contribution in [1.82, 2.24) is 0 Å². The summed E-state index contributed by atoms with van der Waals surface area (Å²) in [5.74, 6) is 2.10. The molecule has 88 valence electrons. The van der Waals surface area contributed by atoms with E-state index >= 15 is 0 Å². The fourth-order valence-corrected chi connectivity index (χ4v) is 2.84. The van der Waals surface area contributed by atoms with E-state index in [4.69, 9.17) is 10.5 Å². The van der Waals surface area contributed by atoms with Crippen LogP contribution in [0.15, 0.2) is 18.2 Å². The summed E-state index contributed by atoms with van der Waals surface area (Å²) in [6.07, 6.45) is 2.14. The highest BCUT2D eigenvalue weighted by Crippen LogP contribution is 2.39. The summed E-state index contributed by atoms with van der Waals surface area (Å²) in [5.41, 5.74) is 9.04. The molecule has 0 aromatic heterocycles. The number of hydrogen-bond acceptors (Lipinski definition) is 2. The molecule has 1 aliphatic rings. The molecule has 0 radical (unpaired) electrons. The topological polar surface area (TPSA) is 35.2 Å². The van der Waals surface area contributed by atoms with E-state index in [1.165, 1.54) is 11.1 Å². The molecule has 3 atom stereocenters. The molecule has 2 rings (SSSR count). The minimum absolute atomic E-state index is 0.297. The van der Waals surface area contributed by atoms with Crippen LogP contribution in [-0.2, 0) is 6.42 Å². The van der Waals surface area contributed by atoms with Gasteiger partial charge in [0.05, 0.1) is 7.11 Å². The lowest BCUT2D eigenvalue weighted by Crippen LogP contribution is -2.38. The maximum absolute atomic E-state index is 6.20. The van der Waals surface area contributed by atoms with Gasteiger partial charge in [-0.2, -0.15) is 0 Å². The van der Waals surface area contributed by atoms with Gasteiger partial charge in [-0.15, -0.1) is 0 Å². The molecule has 0 amide bonds. The number of ether oxygens (including phenoxy) is 1. The molecule has 2 nitrogen and oxygen atoms in total. The van der Waals surface area contributed by atoms with E-state index in [-0.39, 0.29) is 0 Å². The van der Waals surface area contributed by atoms with E-state index in [1.807, 2.05) is 6.07 Å². The fraction of sp³-hybridized carbons (Fsp3) is 0.571. The molecule has 0 saturated carbocycles. The summed E-state index contributed by atoms with van der Waals surface area (Å²) in [5, 5.41) is 0. The number of hydrogen-bond donors (Lipinski definition) is 1. The van der Waals surface area contributed by atoms with E-state index in [0.717, 1.165) is 18.6 Å². The first-order chi connectivity index (χ1) is 7.67.